The zero-order chi connectivity index (χ0) is 17.6. The molecule has 1 N–H and O–H groups in total. The maximum absolute atomic E-state index is 5.52. The van der Waals surface area contributed by atoms with E-state index in [-0.39, 0.29) is 6.04 Å². The number of hydrogen-bond donors (Lipinski definition) is 1. The van der Waals surface area contributed by atoms with Crippen LogP contribution in [0.1, 0.15) is 36.2 Å². The quantitative estimate of drug-likeness (QED) is 0.825. The predicted octanol–water partition coefficient (Wildman–Crippen LogP) is 2.65. The van der Waals surface area contributed by atoms with Gasteiger partial charge in [-0.15, -0.1) is 0 Å². The molecule has 0 radical (unpaired) electrons. The Morgan fingerprint density at radius 2 is 2.04 bits per heavy atom. The van der Waals surface area contributed by atoms with Crippen molar-refractivity contribution < 1.29 is 18.7 Å². The lowest BCUT2D eigenvalue weighted by Crippen LogP contribution is -2.32. The third kappa shape index (κ3) is 4.11. The van der Waals surface area contributed by atoms with Crippen molar-refractivity contribution in [2.24, 2.45) is 5.92 Å². The van der Waals surface area contributed by atoms with Crippen LogP contribution in [-0.4, -0.2) is 37.6 Å². The average molecular weight is 347 g/mol. The van der Waals surface area contributed by atoms with Crippen molar-refractivity contribution in [3.8, 4) is 11.5 Å². The SMILES string of the molecule is COc1cccc(CN[C@H](c2nc(C)no2)C2CCOCC2)c1OC. The standard InChI is InChI=1S/C18H25N3O4/c1-12-20-18(25-21-12)16(13-7-9-24-10-8-13)19-11-14-5-4-6-15(22-2)17(14)23-3/h4-6,13,16,19H,7-11H2,1-3H3/t16-/m0/s1. The summed E-state index contributed by atoms with van der Waals surface area (Å²) in [5.41, 5.74) is 1.02. The third-order valence-corrected chi connectivity index (χ3v) is 4.54. The Bertz CT molecular complexity index is 683. The van der Waals surface area contributed by atoms with Gasteiger partial charge >= 0.3 is 0 Å². The van der Waals surface area contributed by atoms with Gasteiger partial charge in [0.1, 0.15) is 0 Å². The molecule has 1 fully saturated rings. The van der Waals surface area contributed by atoms with Gasteiger partial charge in [-0.05, 0) is 31.7 Å². The van der Waals surface area contributed by atoms with Gasteiger partial charge in [-0.1, -0.05) is 17.3 Å². The number of benzene rings is 1. The fourth-order valence-electron chi connectivity index (χ4n) is 3.26. The molecule has 7 heteroatoms. The smallest absolute Gasteiger partial charge is 0.244 e. The summed E-state index contributed by atoms with van der Waals surface area (Å²) in [7, 11) is 3.29. The molecule has 3 rings (SSSR count). The van der Waals surface area contributed by atoms with Crippen molar-refractivity contribution in [1.82, 2.24) is 15.5 Å². The average Bonchev–Trinajstić information content (AvgIpc) is 3.08. The number of hydrogen-bond acceptors (Lipinski definition) is 7. The van der Waals surface area contributed by atoms with Crippen LogP contribution in [0.25, 0.3) is 0 Å². The maximum Gasteiger partial charge on any atom is 0.244 e. The fraction of sp³-hybridized carbons (Fsp3) is 0.556. The van der Waals surface area contributed by atoms with Crippen LogP contribution in [0.4, 0.5) is 0 Å². The van der Waals surface area contributed by atoms with Gasteiger partial charge in [0.15, 0.2) is 17.3 Å². The topological polar surface area (TPSA) is 78.6 Å². The van der Waals surface area contributed by atoms with E-state index in [2.05, 4.69) is 15.5 Å². The number of ether oxygens (including phenoxy) is 3. The van der Waals surface area contributed by atoms with Crippen LogP contribution in [0.2, 0.25) is 0 Å². The number of methoxy groups -OCH3 is 2. The van der Waals surface area contributed by atoms with E-state index < -0.39 is 0 Å². The number of nitrogens with zero attached hydrogens (tertiary/aromatic N) is 2. The molecule has 7 nitrogen and oxygen atoms in total. The van der Waals surface area contributed by atoms with Crippen molar-refractivity contribution in [2.45, 2.75) is 32.4 Å². The fourth-order valence-corrected chi connectivity index (χ4v) is 3.26. The Hall–Kier alpha value is -2.12. The molecule has 136 valence electrons. The van der Waals surface area contributed by atoms with E-state index in [9.17, 15) is 0 Å². The van der Waals surface area contributed by atoms with Gasteiger partial charge < -0.3 is 24.1 Å². The van der Waals surface area contributed by atoms with Crippen LogP contribution in [0.3, 0.4) is 0 Å². The largest absolute Gasteiger partial charge is 0.493 e. The molecular weight excluding hydrogens is 322 g/mol. The molecule has 1 aliphatic rings. The van der Waals surface area contributed by atoms with Gasteiger partial charge in [-0.25, -0.2) is 0 Å². The Labute approximate surface area is 147 Å². The second-order valence-corrected chi connectivity index (χ2v) is 6.14. The highest BCUT2D eigenvalue weighted by Crippen LogP contribution is 2.33. The van der Waals surface area contributed by atoms with E-state index in [0.717, 1.165) is 43.1 Å². The van der Waals surface area contributed by atoms with E-state index >= 15 is 0 Å². The van der Waals surface area contributed by atoms with E-state index in [1.165, 1.54) is 0 Å². The van der Waals surface area contributed by atoms with Gasteiger partial charge in [-0.2, -0.15) is 4.98 Å². The second-order valence-electron chi connectivity index (χ2n) is 6.14. The first-order valence-electron chi connectivity index (χ1n) is 8.54. The molecule has 2 aromatic rings. The van der Waals surface area contributed by atoms with Crippen LogP contribution >= 0.6 is 0 Å². The van der Waals surface area contributed by atoms with Gasteiger partial charge in [0.05, 0.1) is 20.3 Å². The summed E-state index contributed by atoms with van der Waals surface area (Å²) < 4.78 is 21.8. The van der Waals surface area contributed by atoms with Crippen molar-refractivity contribution >= 4 is 0 Å². The highest BCUT2D eigenvalue weighted by Gasteiger charge is 2.29. The Morgan fingerprint density at radius 3 is 2.68 bits per heavy atom. The summed E-state index contributed by atoms with van der Waals surface area (Å²) in [4.78, 5) is 4.44. The summed E-state index contributed by atoms with van der Waals surface area (Å²) in [5.74, 6) is 3.13. The predicted molar refractivity (Wildman–Crippen MR) is 91.7 cm³/mol. The van der Waals surface area contributed by atoms with Crippen LogP contribution < -0.4 is 14.8 Å². The number of aryl methyl sites for hydroxylation is 1. The van der Waals surface area contributed by atoms with Crippen LogP contribution in [0, 0.1) is 12.8 Å². The molecule has 1 atom stereocenters. The Morgan fingerprint density at radius 1 is 1.24 bits per heavy atom. The van der Waals surface area contributed by atoms with Crippen LogP contribution in [0.5, 0.6) is 11.5 Å². The van der Waals surface area contributed by atoms with E-state index in [1.807, 2.05) is 25.1 Å². The minimum atomic E-state index is -0.0130. The van der Waals surface area contributed by atoms with E-state index in [0.29, 0.717) is 24.2 Å². The Balaban J connectivity index is 1.79. The van der Waals surface area contributed by atoms with E-state index in [1.54, 1.807) is 14.2 Å². The lowest BCUT2D eigenvalue weighted by molar-refractivity contribution is 0.0485. The highest BCUT2D eigenvalue weighted by molar-refractivity contribution is 5.46. The lowest BCUT2D eigenvalue weighted by atomic mass is 9.91. The number of aromatic nitrogens is 2. The molecule has 0 amide bonds. The first-order chi connectivity index (χ1) is 12.2. The molecule has 0 bridgehead atoms. The molecule has 0 unspecified atom stereocenters. The molecule has 0 saturated carbocycles. The highest BCUT2D eigenvalue weighted by atomic mass is 16.5. The zero-order valence-corrected chi connectivity index (χ0v) is 14.9. The first-order valence-corrected chi connectivity index (χ1v) is 8.54. The van der Waals surface area contributed by atoms with Crippen molar-refractivity contribution in [1.29, 1.82) is 0 Å². The number of para-hydroxylation sites is 1. The van der Waals surface area contributed by atoms with Gasteiger partial charge in [0.25, 0.3) is 0 Å². The van der Waals surface area contributed by atoms with Crippen LogP contribution in [0.15, 0.2) is 22.7 Å². The van der Waals surface area contributed by atoms with Gasteiger partial charge in [0.2, 0.25) is 5.89 Å². The monoisotopic (exact) mass is 347 g/mol. The Kier molecular flexibility index (Phi) is 5.88. The number of rotatable bonds is 7. The van der Waals surface area contributed by atoms with Crippen molar-refractivity contribution in [3.63, 3.8) is 0 Å². The molecular formula is C18H25N3O4. The van der Waals surface area contributed by atoms with Gasteiger partial charge in [-0.3, -0.25) is 0 Å². The van der Waals surface area contributed by atoms with Gasteiger partial charge in [0, 0.05) is 25.3 Å². The summed E-state index contributed by atoms with van der Waals surface area (Å²) in [6.45, 7) is 3.97. The molecule has 1 aromatic carbocycles. The molecule has 1 aliphatic heterocycles. The van der Waals surface area contributed by atoms with Crippen molar-refractivity contribution in [2.75, 3.05) is 27.4 Å². The van der Waals surface area contributed by atoms with Crippen LogP contribution in [-0.2, 0) is 11.3 Å². The minimum Gasteiger partial charge on any atom is -0.493 e. The summed E-state index contributed by atoms with van der Waals surface area (Å²) in [6, 6.07) is 5.85. The number of nitrogens with one attached hydrogen (secondary N) is 1. The first kappa shape index (κ1) is 17.7. The third-order valence-electron chi connectivity index (χ3n) is 4.54. The normalized spacial score (nSPS) is 16.6. The minimum absolute atomic E-state index is 0.0130. The molecule has 2 heterocycles. The zero-order valence-electron chi connectivity index (χ0n) is 14.9. The summed E-state index contributed by atoms with van der Waals surface area (Å²) in [5, 5.41) is 7.52. The molecule has 25 heavy (non-hydrogen) atoms. The molecule has 0 aliphatic carbocycles. The van der Waals surface area contributed by atoms with E-state index in [4.69, 9.17) is 18.7 Å². The molecule has 1 saturated heterocycles. The summed E-state index contributed by atoms with van der Waals surface area (Å²) in [6.07, 6.45) is 1.93. The maximum atomic E-state index is 5.52. The second kappa shape index (κ2) is 8.31. The van der Waals surface area contributed by atoms with Crippen molar-refractivity contribution in [3.05, 3.63) is 35.5 Å². The molecule has 1 aromatic heterocycles. The lowest BCUT2D eigenvalue weighted by Gasteiger charge is -2.29. The summed E-state index contributed by atoms with van der Waals surface area (Å²) >= 11 is 0. The molecule has 0 spiro atoms.